The predicted molar refractivity (Wildman–Crippen MR) is 61.7 cm³/mol. The van der Waals surface area contributed by atoms with Gasteiger partial charge in [0.25, 0.3) is 0 Å². The second-order valence-corrected chi connectivity index (χ2v) is 3.90. The van der Waals surface area contributed by atoms with Crippen LogP contribution in [0.25, 0.3) is 0 Å². The van der Waals surface area contributed by atoms with Crippen LogP contribution >= 0.6 is 0 Å². The second-order valence-electron chi connectivity index (χ2n) is 3.90. The number of anilines is 1. The maximum absolute atomic E-state index is 12.0. The minimum Gasteiger partial charge on any atom is -0.481 e. The number of amides is 1. The van der Waals surface area contributed by atoms with Crippen LogP contribution in [0, 0.1) is 0 Å². The highest BCUT2D eigenvalue weighted by atomic mass is 19.4. The third kappa shape index (κ3) is 5.41. The van der Waals surface area contributed by atoms with Gasteiger partial charge in [-0.1, -0.05) is 12.1 Å². The molecule has 104 valence electrons. The van der Waals surface area contributed by atoms with Gasteiger partial charge in [0.1, 0.15) is 0 Å². The van der Waals surface area contributed by atoms with Crippen molar-refractivity contribution < 1.29 is 27.9 Å². The lowest BCUT2D eigenvalue weighted by Gasteiger charge is -2.09. The first-order valence-corrected chi connectivity index (χ1v) is 5.48. The number of carbonyl (C=O) groups excluding carboxylic acids is 1. The third-order valence-electron chi connectivity index (χ3n) is 2.30. The van der Waals surface area contributed by atoms with Gasteiger partial charge in [0.05, 0.1) is 0 Å². The molecule has 0 atom stereocenters. The van der Waals surface area contributed by atoms with Crippen LogP contribution in [0.15, 0.2) is 24.3 Å². The van der Waals surface area contributed by atoms with Crippen molar-refractivity contribution in [2.45, 2.75) is 25.4 Å². The van der Waals surface area contributed by atoms with E-state index in [1.165, 1.54) is 18.2 Å². The molecular weight excluding hydrogens is 263 g/mol. The molecule has 1 aromatic carbocycles. The molecule has 0 fully saturated rings. The van der Waals surface area contributed by atoms with Crippen LogP contribution in [0.4, 0.5) is 18.9 Å². The minimum atomic E-state index is -4.93. The molecule has 0 aliphatic carbocycles. The van der Waals surface area contributed by atoms with Crippen molar-refractivity contribution >= 4 is 17.6 Å². The zero-order valence-corrected chi connectivity index (χ0v) is 9.83. The molecule has 1 aromatic rings. The molecule has 19 heavy (non-hydrogen) atoms. The van der Waals surface area contributed by atoms with Crippen molar-refractivity contribution in [1.29, 1.82) is 0 Å². The monoisotopic (exact) mass is 275 g/mol. The van der Waals surface area contributed by atoms with Gasteiger partial charge in [0.2, 0.25) is 0 Å². The van der Waals surface area contributed by atoms with E-state index in [1.54, 1.807) is 11.4 Å². The number of hydrogen-bond acceptors (Lipinski definition) is 2. The fourth-order valence-corrected chi connectivity index (χ4v) is 1.45. The van der Waals surface area contributed by atoms with Gasteiger partial charge in [-0.25, -0.2) is 0 Å². The van der Waals surface area contributed by atoms with Crippen LogP contribution in [0.5, 0.6) is 0 Å². The Morgan fingerprint density at radius 2 is 1.95 bits per heavy atom. The molecule has 4 nitrogen and oxygen atoms in total. The molecule has 0 saturated heterocycles. The van der Waals surface area contributed by atoms with Crippen molar-refractivity contribution in [2.75, 3.05) is 5.32 Å². The average Bonchev–Trinajstić information content (AvgIpc) is 2.27. The van der Waals surface area contributed by atoms with Crippen molar-refractivity contribution in [1.82, 2.24) is 0 Å². The first-order valence-electron chi connectivity index (χ1n) is 5.48. The molecule has 0 heterocycles. The number of alkyl halides is 3. The lowest BCUT2D eigenvalue weighted by molar-refractivity contribution is -0.167. The Hall–Kier alpha value is -2.05. The summed E-state index contributed by atoms with van der Waals surface area (Å²) in [6.07, 6.45) is -4.15. The number of carboxylic acid groups (broad SMARTS) is 1. The first-order chi connectivity index (χ1) is 8.79. The van der Waals surface area contributed by atoms with Gasteiger partial charge in [-0.15, -0.1) is 0 Å². The number of aryl methyl sites for hydroxylation is 1. The van der Waals surface area contributed by atoms with Crippen LogP contribution in [0.3, 0.4) is 0 Å². The van der Waals surface area contributed by atoms with Crippen LogP contribution in [0.2, 0.25) is 0 Å². The first kappa shape index (κ1) is 15.0. The summed E-state index contributed by atoms with van der Waals surface area (Å²) in [5.41, 5.74) is 0.705. The molecular formula is C12H12F3NO3. The lowest BCUT2D eigenvalue weighted by atomic mass is 10.1. The number of benzene rings is 1. The highest BCUT2D eigenvalue weighted by molar-refractivity contribution is 5.94. The molecule has 0 unspecified atom stereocenters. The predicted octanol–water partition coefficient (Wildman–Crippen LogP) is 2.59. The van der Waals surface area contributed by atoms with E-state index < -0.39 is 18.1 Å². The van der Waals surface area contributed by atoms with E-state index in [0.29, 0.717) is 18.4 Å². The summed E-state index contributed by atoms with van der Waals surface area (Å²) < 4.78 is 36.1. The molecule has 0 aliphatic rings. The van der Waals surface area contributed by atoms with E-state index in [9.17, 15) is 22.8 Å². The molecule has 0 radical (unpaired) electrons. The molecule has 1 amide bonds. The largest absolute Gasteiger partial charge is 0.481 e. The topological polar surface area (TPSA) is 66.4 Å². The van der Waals surface area contributed by atoms with Crippen molar-refractivity contribution in [3.05, 3.63) is 29.8 Å². The number of nitrogens with one attached hydrogen (secondary N) is 1. The maximum Gasteiger partial charge on any atom is 0.471 e. The molecule has 0 bridgehead atoms. The van der Waals surface area contributed by atoms with Crippen molar-refractivity contribution in [2.24, 2.45) is 0 Å². The van der Waals surface area contributed by atoms with Gasteiger partial charge in [-0.2, -0.15) is 13.2 Å². The minimum absolute atomic E-state index is 0.0147. The number of hydrogen-bond donors (Lipinski definition) is 2. The number of halogens is 3. The summed E-state index contributed by atoms with van der Waals surface area (Å²) in [5, 5.41) is 10.2. The van der Waals surface area contributed by atoms with E-state index in [0.717, 1.165) is 0 Å². The molecule has 0 aromatic heterocycles. The maximum atomic E-state index is 12.0. The molecule has 7 heteroatoms. The summed E-state index contributed by atoms with van der Waals surface area (Å²) in [6, 6.07) is 5.89. The molecule has 0 saturated carbocycles. The molecule has 0 spiro atoms. The van der Waals surface area contributed by atoms with Gasteiger partial charge < -0.3 is 10.4 Å². The quantitative estimate of drug-likeness (QED) is 0.868. The highest BCUT2D eigenvalue weighted by Crippen LogP contribution is 2.19. The zero-order chi connectivity index (χ0) is 14.5. The lowest BCUT2D eigenvalue weighted by Crippen LogP contribution is -2.29. The van der Waals surface area contributed by atoms with Crippen LogP contribution in [0.1, 0.15) is 18.4 Å². The Bertz CT molecular complexity index is 472. The van der Waals surface area contributed by atoms with Crippen LogP contribution in [-0.2, 0) is 16.0 Å². The van der Waals surface area contributed by atoms with E-state index in [1.807, 2.05) is 0 Å². The van der Waals surface area contributed by atoms with Gasteiger partial charge in [-0.3, -0.25) is 9.59 Å². The van der Waals surface area contributed by atoms with Gasteiger partial charge in [0, 0.05) is 12.1 Å². The smallest absolute Gasteiger partial charge is 0.471 e. The highest BCUT2D eigenvalue weighted by Gasteiger charge is 2.38. The van der Waals surface area contributed by atoms with Crippen LogP contribution in [-0.4, -0.2) is 23.2 Å². The van der Waals surface area contributed by atoms with E-state index in [2.05, 4.69) is 0 Å². The number of carboxylic acids is 1. The van der Waals surface area contributed by atoms with Gasteiger partial charge in [0.15, 0.2) is 0 Å². The van der Waals surface area contributed by atoms with Crippen LogP contribution < -0.4 is 5.32 Å². The van der Waals surface area contributed by atoms with E-state index in [4.69, 9.17) is 5.11 Å². The fraction of sp³-hybridized carbons (Fsp3) is 0.333. The Balaban J connectivity index is 2.62. The summed E-state index contributed by atoms with van der Waals surface area (Å²) in [4.78, 5) is 21.1. The Kier molecular flexibility index (Phi) is 4.91. The summed E-state index contributed by atoms with van der Waals surface area (Å²) in [5.74, 6) is -2.96. The molecule has 2 N–H and O–H groups in total. The second kappa shape index (κ2) is 6.21. The summed E-state index contributed by atoms with van der Waals surface area (Å²) in [6.45, 7) is 0. The Morgan fingerprint density at radius 1 is 1.26 bits per heavy atom. The fourth-order valence-electron chi connectivity index (χ4n) is 1.45. The van der Waals surface area contributed by atoms with Crippen molar-refractivity contribution in [3.8, 4) is 0 Å². The Morgan fingerprint density at radius 3 is 2.53 bits per heavy atom. The third-order valence-corrected chi connectivity index (χ3v) is 2.30. The number of aliphatic carboxylic acids is 1. The summed E-state index contributed by atoms with van der Waals surface area (Å²) >= 11 is 0. The zero-order valence-electron chi connectivity index (χ0n) is 9.83. The number of rotatable bonds is 5. The van der Waals surface area contributed by atoms with Gasteiger partial charge >= 0.3 is 18.1 Å². The summed E-state index contributed by atoms with van der Waals surface area (Å²) in [7, 11) is 0. The van der Waals surface area contributed by atoms with Gasteiger partial charge in [-0.05, 0) is 30.5 Å². The normalized spacial score (nSPS) is 11.1. The van der Waals surface area contributed by atoms with E-state index in [-0.39, 0.29) is 12.1 Å². The average molecular weight is 275 g/mol. The van der Waals surface area contributed by atoms with Crippen molar-refractivity contribution in [3.63, 3.8) is 0 Å². The molecule has 0 aliphatic heterocycles. The number of carbonyl (C=O) groups is 2. The standard InChI is InChI=1S/C12H12F3NO3/c13-12(14,15)11(19)16-9-5-1-3-8(7-9)4-2-6-10(17)18/h1,3,5,7H,2,4,6H2,(H,16,19)(H,17,18). The van der Waals surface area contributed by atoms with E-state index >= 15 is 0 Å². The Labute approximate surface area is 107 Å². The molecule has 1 rings (SSSR count). The SMILES string of the molecule is O=C(O)CCCc1cccc(NC(=O)C(F)(F)F)c1.